The Hall–Kier alpha value is -2.74. The molecular weight excluding hydrogens is 331 g/mol. The lowest BCUT2D eigenvalue weighted by Crippen LogP contribution is -2.08. The van der Waals surface area contributed by atoms with E-state index in [2.05, 4.69) is 15.5 Å². The van der Waals surface area contributed by atoms with E-state index in [0.29, 0.717) is 22.2 Å². The van der Waals surface area contributed by atoms with Gasteiger partial charge in [0.15, 0.2) is 0 Å². The highest BCUT2D eigenvalue weighted by atomic mass is 32.2. The molecule has 24 heavy (non-hydrogen) atoms. The second kappa shape index (κ2) is 7.69. The standard InChI is InChI=1S/C16H13FN4O2S/c17-13-7-4-8-14(11-13)21-16(18-19-20-21)24-10-9-23-15(22)12-5-2-1-3-6-12/h1-8,11H,9-10H2. The van der Waals surface area contributed by atoms with Crippen molar-refractivity contribution < 1.29 is 13.9 Å². The van der Waals surface area contributed by atoms with Gasteiger partial charge in [-0.1, -0.05) is 36.0 Å². The number of hydrogen-bond donors (Lipinski definition) is 0. The van der Waals surface area contributed by atoms with Gasteiger partial charge in [0.2, 0.25) is 5.16 Å². The van der Waals surface area contributed by atoms with Crippen LogP contribution in [-0.4, -0.2) is 38.5 Å². The molecule has 0 amide bonds. The fourth-order valence-electron chi connectivity index (χ4n) is 1.96. The molecular formula is C16H13FN4O2S. The molecule has 3 aromatic rings. The zero-order valence-electron chi connectivity index (χ0n) is 12.5. The first kappa shape index (κ1) is 16.1. The van der Waals surface area contributed by atoms with Crippen LogP contribution in [-0.2, 0) is 4.74 Å². The van der Waals surface area contributed by atoms with Crippen molar-refractivity contribution in [2.75, 3.05) is 12.4 Å². The molecule has 0 atom stereocenters. The molecule has 0 saturated heterocycles. The number of benzene rings is 2. The second-order valence-corrected chi connectivity index (χ2v) is 5.77. The predicted molar refractivity (Wildman–Crippen MR) is 86.6 cm³/mol. The Kier molecular flexibility index (Phi) is 5.17. The van der Waals surface area contributed by atoms with Crippen molar-refractivity contribution in [3.63, 3.8) is 0 Å². The average Bonchev–Trinajstić information content (AvgIpc) is 3.08. The Morgan fingerprint density at radius 1 is 1.17 bits per heavy atom. The van der Waals surface area contributed by atoms with Crippen LogP contribution in [0, 0.1) is 5.82 Å². The number of aromatic nitrogens is 4. The molecule has 0 aliphatic heterocycles. The zero-order valence-corrected chi connectivity index (χ0v) is 13.3. The summed E-state index contributed by atoms with van der Waals surface area (Å²) in [6, 6.07) is 14.8. The van der Waals surface area contributed by atoms with Crippen LogP contribution in [0.25, 0.3) is 5.69 Å². The van der Waals surface area contributed by atoms with E-state index in [9.17, 15) is 9.18 Å². The quantitative estimate of drug-likeness (QED) is 0.389. The number of halogens is 1. The van der Waals surface area contributed by atoms with Crippen molar-refractivity contribution in [1.82, 2.24) is 20.2 Å². The van der Waals surface area contributed by atoms with Crippen molar-refractivity contribution in [3.8, 4) is 5.69 Å². The van der Waals surface area contributed by atoms with Crippen LogP contribution in [0.3, 0.4) is 0 Å². The van der Waals surface area contributed by atoms with Crippen LogP contribution in [0.5, 0.6) is 0 Å². The molecule has 0 fully saturated rings. The molecule has 6 nitrogen and oxygen atoms in total. The first-order chi connectivity index (χ1) is 11.7. The van der Waals surface area contributed by atoms with E-state index in [-0.39, 0.29) is 18.4 Å². The van der Waals surface area contributed by atoms with Crippen LogP contribution in [0.2, 0.25) is 0 Å². The van der Waals surface area contributed by atoms with Gasteiger partial charge in [0.25, 0.3) is 0 Å². The summed E-state index contributed by atoms with van der Waals surface area (Å²) in [5.74, 6) is -0.259. The number of carbonyl (C=O) groups is 1. The Morgan fingerprint density at radius 2 is 2.00 bits per heavy atom. The molecule has 0 N–H and O–H groups in total. The number of hydrogen-bond acceptors (Lipinski definition) is 6. The van der Waals surface area contributed by atoms with Gasteiger partial charge in [-0.25, -0.2) is 9.18 Å². The Bertz CT molecular complexity index is 826. The predicted octanol–water partition coefficient (Wildman–Crippen LogP) is 2.75. The number of nitrogens with zero attached hydrogens (tertiary/aromatic N) is 4. The summed E-state index contributed by atoms with van der Waals surface area (Å²) in [5, 5.41) is 11.8. The molecule has 0 radical (unpaired) electrons. The number of ether oxygens (including phenoxy) is 1. The first-order valence-electron chi connectivity index (χ1n) is 7.13. The van der Waals surface area contributed by atoms with E-state index in [4.69, 9.17) is 4.74 Å². The van der Waals surface area contributed by atoms with E-state index in [1.54, 1.807) is 36.4 Å². The summed E-state index contributed by atoms with van der Waals surface area (Å²) in [6.07, 6.45) is 0. The smallest absolute Gasteiger partial charge is 0.338 e. The van der Waals surface area contributed by atoms with Gasteiger partial charge < -0.3 is 4.74 Å². The molecule has 8 heteroatoms. The van der Waals surface area contributed by atoms with Crippen molar-refractivity contribution in [3.05, 3.63) is 66.0 Å². The topological polar surface area (TPSA) is 69.9 Å². The molecule has 122 valence electrons. The fourth-order valence-corrected chi connectivity index (χ4v) is 2.67. The SMILES string of the molecule is O=C(OCCSc1nnnn1-c1cccc(F)c1)c1ccccc1. The minimum atomic E-state index is -0.374. The zero-order chi connectivity index (χ0) is 16.8. The maximum Gasteiger partial charge on any atom is 0.338 e. The van der Waals surface area contributed by atoms with Gasteiger partial charge in [-0.15, -0.1) is 5.10 Å². The number of thioether (sulfide) groups is 1. The van der Waals surface area contributed by atoms with Crippen LogP contribution < -0.4 is 0 Å². The minimum Gasteiger partial charge on any atom is -0.461 e. The number of carbonyl (C=O) groups excluding carboxylic acids is 1. The van der Waals surface area contributed by atoms with E-state index in [1.807, 2.05) is 6.07 Å². The third-order valence-corrected chi connectivity index (χ3v) is 3.93. The highest BCUT2D eigenvalue weighted by Crippen LogP contribution is 2.18. The van der Waals surface area contributed by atoms with Crippen LogP contribution in [0.4, 0.5) is 4.39 Å². The Labute approximate surface area is 141 Å². The van der Waals surface area contributed by atoms with Gasteiger partial charge in [-0.2, -0.15) is 4.68 Å². The summed E-state index contributed by atoms with van der Waals surface area (Å²) < 4.78 is 19.9. The molecule has 0 aliphatic carbocycles. The van der Waals surface area contributed by atoms with Gasteiger partial charge in [0.1, 0.15) is 12.4 Å². The molecule has 1 aromatic heterocycles. The lowest BCUT2D eigenvalue weighted by Gasteiger charge is -2.05. The van der Waals surface area contributed by atoms with Crippen LogP contribution in [0.15, 0.2) is 59.8 Å². The maximum absolute atomic E-state index is 13.3. The molecule has 1 heterocycles. The van der Waals surface area contributed by atoms with Crippen molar-refractivity contribution >= 4 is 17.7 Å². The van der Waals surface area contributed by atoms with E-state index >= 15 is 0 Å². The molecule has 0 aliphatic rings. The van der Waals surface area contributed by atoms with Gasteiger partial charge in [0, 0.05) is 5.75 Å². The molecule has 0 unspecified atom stereocenters. The maximum atomic E-state index is 13.3. The van der Waals surface area contributed by atoms with Crippen LogP contribution in [0.1, 0.15) is 10.4 Å². The molecule has 0 bridgehead atoms. The highest BCUT2D eigenvalue weighted by molar-refractivity contribution is 7.99. The summed E-state index contributed by atoms with van der Waals surface area (Å²) >= 11 is 1.32. The lowest BCUT2D eigenvalue weighted by atomic mass is 10.2. The van der Waals surface area contributed by atoms with Gasteiger partial charge in [-0.05, 0) is 40.8 Å². The third-order valence-electron chi connectivity index (χ3n) is 3.05. The van der Waals surface area contributed by atoms with Crippen molar-refractivity contribution in [2.45, 2.75) is 5.16 Å². The fraction of sp³-hybridized carbons (Fsp3) is 0.125. The second-order valence-electron chi connectivity index (χ2n) is 4.70. The van der Waals surface area contributed by atoms with Crippen molar-refractivity contribution in [2.24, 2.45) is 0 Å². The molecule has 0 saturated carbocycles. The Balaban J connectivity index is 1.55. The first-order valence-corrected chi connectivity index (χ1v) is 8.12. The third kappa shape index (κ3) is 3.96. The van der Waals surface area contributed by atoms with Crippen molar-refractivity contribution in [1.29, 1.82) is 0 Å². The largest absolute Gasteiger partial charge is 0.461 e. The monoisotopic (exact) mass is 344 g/mol. The summed E-state index contributed by atoms with van der Waals surface area (Å²) in [7, 11) is 0. The summed E-state index contributed by atoms with van der Waals surface area (Å²) in [5.41, 5.74) is 1.04. The number of esters is 1. The molecule has 3 rings (SSSR count). The highest BCUT2D eigenvalue weighted by Gasteiger charge is 2.11. The number of tetrazole rings is 1. The normalized spacial score (nSPS) is 10.5. The summed E-state index contributed by atoms with van der Waals surface area (Å²) in [6.45, 7) is 0.217. The van der Waals surface area contributed by atoms with Gasteiger partial charge >= 0.3 is 5.97 Å². The number of rotatable bonds is 6. The van der Waals surface area contributed by atoms with Crippen LogP contribution >= 0.6 is 11.8 Å². The van der Waals surface area contributed by atoms with E-state index in [0.717, 1.165) is 0 Å². The summed E-state index contributed by atoms with van der Waals surface area (Å²) in [4.78, 5) is 11.8. The van der Waals surface area contributed by atoms with Gasteiger partial charge in [0.05, 0.1) is 11.3 Å². The Morgan fingerprint density at radius 3 is 2.79 bits per heavy atom. The minimum absolute atomic E-state index is 0.217. The molecule has 0 spiro atoms. The van der Waals surface area contributed by atoms with E-state index in [1.165, 1.54) is 28.6 Å². The van der Waals surface area contributed by atoms with Gasteiger partial charge in [-0.3, -0.25) is 0 Å². The van der Waals surface area contributed by atoms with E-state index < -0.39 is 0 Å². The average molecular weight is 344 g/mol. The lowest BCUT2D eigenvalue weighted by molar-refractivity contribution is 0.0530. The molecule has 2 aromatic carbocycles.